The standard InChI is InChI=1S/C26H22F2N4O/c1-33-25-5-4-18(11-22(25)28)26-20(17-2-3-19(13-29)21(27)10-17)12-24-23(31-26)7-9-32(24)15-16-6-8-30-14-16/h2-5,7,9-12,16,30H,6,8,14-15H2,1H3/t16-/m0/s1. The molecule has 1 atom stereocenters. The number of methoxy groups -OCH3 is 1. The minimum absolute atomic E-state index is 0.0260. The molecule has 0 amide bonds. The molecule has 1 N–H and O–H groups in total. The second-order valence-corrected chi connectivity index (χ2v) is 8.27. The van der Waals surface area contributed by atoms with Gasteiger partial charge in [-0.3, -0.25) is 0 Å². The van der Waals surface area contributed by atoms with Crippen LogP contribution in [0.5, 0.6) is 5.75 Å². The largest absolute Gasteiger partial charge is 0.494 e. The Bertz CT molecular complexity index is 1380. The van der Waals surface area contributed by atoms with Crippen molar-refractivity contribution in [1.82, 2.24) is 14.9 Å². The molecule has 0 aliphatic carbocycles. The molecule has 5 rings (SSSR count). The van der Waals surface area contributed by atoms with Crippen molar-refractivity contribution in [3.8, 4) is 34.2 Å². The van der Waals surface area contributed by atoms with E-state index < -0.39 is 11.6 Å². The first-order valence-electron chi connectivity index (χ1n) is 10.8. The monoisotopic (exact) mass is 444 g/mol. The maximum atomic E-state index is 14.5. The van der Waals surface area contributed by atoms with Gasteiger partial charge in [-0.1, -0.05) is 6.07 Å². The van der Waals surface area contributed by atoms with E-state index in [1.165, 1.54) is 25.3 Å². The van der Waals surface area contributed by atoms with Gasteiger partial charge in [-0.05, 0) is 73.5 Å². The maximum Gasteiger partial charge on any atom is 0.165 e. The molecule has 0 spiro atoms. The third-order valence-corrected chi connectivity index (χ3v) is 6.20. The molecule has 3 heterocycles. The molecule has 5 nitrogen and oxygen atoms in total. The van der Waals surface area contributed by atoms with Crippen LogP contribution >= 0.6 is 0 Å². The third-order valence-electron chi connectivity index (χ3n) is 6.20. The zero-order valence-corrected chi connectivity index (χ0v) is 18.1. The number of hydrogen-bond donors (Lipinski definition) is 1. The number of ether oxygens (including phenoxy) is 1. The first kappa shape index (κ1) is 21.1. The smallest absolute Gasteiger partial charge is 0.165 e. The number of nitriles is 1. The summed E-state index contributed by atoms with van der Waals surface area (Å²) >= 11 is 0. The van der Waals surface area contributed by atoms with Gasteiger partial charge in [-0.25, -0.2) is 13.8 Å². The zero-order chi connectivity index (χ0) is 22.9. The summed E-state index contributed by atoms with van der Waals surface area (Å²) in [5.41, 5.74) is 4.02. The lowest BCUT2D eigenvalue weighted by molar-refractivity contribution is 0.386. The van der Waals surface area contributed by atoms with E-state index in [0.717, 1.165) is 37.1 Å². The molecular formula is C26H22F2N4O. The van der Waals surface area contributed by atoms with Crippen LogP contribution in [0.4, 0.5) is 8.78 Å². The molecule has 0 bridgehead atoms. The highest BCUT2D eigenvalue weighted by molar-refractivity contribution is 5.90. The van der Waals surface area contributed by atoms with Gasteiger partial charge in [-0.2, -0.15) is 5.26 Å². The van der Waals surface area contributed by atoms with Gasteiger partial charge in [0.15, 0.2) is 11.6 Å². The SMILES string of the molecule is COc1ccc(-c2nc3ccn(C[C@H]4CCNC4)c3cc2-c2ccc(C#N)c(F)c2)cc1F. The van der Waals surface area contributed by atoms with Gasteiger partial charge in [0.1, 0.15) is 11.9 Å². The van der Waals surface area contributed by atoms with Gasteiger partial charge in [0.05, 0.1) is 29.4 Å². The molecular weight excluding hydrogens is 422 g/mol. The normalized spacial score (nSPS) is 15.6. The number of benzene rings is 2. The molecule has 0 unspecified atom stereocenters. The summed E-state index contributed by atoms with van der Waals surface area (Å²) in [5, 5.41) is 12.5. The van der Waals surface area contributed by atoms with Crippen molar-refractivity contribution >= 4 is 11.0 Å². The highest BCUT2D eigenvalue weighted by atomic mass is 19.1. The van der Waals surface area contributed by atoms with Crippen LogP contribution in [0, 0.1) is 28.9 Å². The van der Waals surface area contributed by atoms with Crippen LogP contribution in [0.25, 0.3) is 33.4 Å². The molecule has 1 fully saturated rings. The van der Waals surface area contributed by atoms with E-state index in [2.05, 4.69) is 9.88 Å². The number of rotatable bonds is 5. The Hall–Kier alpha value is -3.76. The average molecular weight is 444 g/mol. The molecule has 166 valence electrons. The number of aromatic nitrogens is 2. The van der Waals surface area contributed by atoms with E-state index in [-0.39, 0.29) is 11.3 Å². The summed E-state index contributed by atoms with van der Waals surface area (Å²) in [7, 11) is 1.41. The van der Waals surface area contributed by atoms with Gasteiger partial charge in [0.2, 0.25) is 0 Å². The number of pyridine rings is 1. The molecule has 0 radical (unpaired) electrons. The van der Waals surface area contributed by atoms with Crippen molar-refractivity contribution in [2.24, 2.45) is 5.92 Å². The van der Waals surface area contributed by atoms with Crippen LogP contribution in [0.3, 0.4) is 0 Å². The van der Waals surface area contributed by atoms with Crippen molar-refractivity contribution in [3.05, 3.63) is 71.9 Å². The number of fused-ring (bicyclic) bond motifs is 1. The first-order chi connectivity index (χ1) is 16.1. The molecule has 7 heteroatoms. The maximum absolute atomic E-state index is 14.5. The van der Waals surface area contributed by atoms with Gasteiger partial charge in [-0.15, -0.1) is 0 Å². The molecule has 1 aliphatic rings. The number of halogens is 2. The molecule has 0 saturated carbocycles. The fourth-order valence-electron chi connectivity index (χ4n) is 4.45. The fraction of sp³-hybridized carbons (Fsp3) is 0.231. The highest BCUT2D eigenvalue weighted by Gasteiger charge is 2.19. The van der Waals surface area contributed by atoms with E-state index in [4.69, 9.17) is 15.0 Å². The van der Waals surface area contributed by atoms with Crippen LogP contribution in [0.1, 0.15) is 12.0 Å². The molecule has 1 aliphatic heterocycles. The van der Waals surface area contributed by atoms with E-state index in [0.29, 0.717) is 28.3 Å². The Labute approximate surface area is 190 Å². The molecule has 33 heavy (non-hydrogen) atoms. The van der Waals surface area contributed by atoms with Crippen LogP contribution in [0.15, 0.2) is 54.7 Å². The Morgan fingerprint density at radius 3 is 2.64 bits per heavy atom. The van der Waals surface area contributed by atoms with Gasteiger partial charge in [0.25, 0.3) is 0 Å². The van der Waals surface area contributed by atoms with E-state index >= 15 is 0 Å². The Morgan fingerprint density at radius 1 is 1.12 bits per heavy atom. The Balaban J connectivity index is 1.69. The summed E-state index contributed by atoms with van der Waals surface area (Å²) in [6.07, 6.45) is 3.13. The van der Waals surface area contributed by atoms with Crippen molar-refractivity contribution in [3.63, 3.8) is 0 Å². The Morgan fingerprint density at radius 2 is 1.94 bits per heavy atom. The lowest BCUT2D eigenvalue weighted by Gasteiger charge is -2.15. The minimum atomic E-state index is -0.602. The van der Waals surface area contributed by atoms with Crippen LogP contribution in [-0.4, -0.2) is 29.8 Å². The molecule has 4 aromatic rings. The lowest BCUT2D eigenvalue weighted by atomic mass is 9.97. The summed E-state index contributed by atoms with van der Waals surface area (Å²) in [4.78, 5) is 4.85. The predicted molar refractivity (Wildman–Crippen MR) is 123 cm³/mol. The van der Waals surface area contributed by atoms with Gasteiger partial charge < -0.3 is 14.6 Å². The Kier molecular flexibility index (Phi) is 5.53. The summed E-state index contributed by atoms with van der Waals surface area (Å²) in [6, 6.07) is 14.9. The molecule has 2 aromatic carbocycles. The van der Waals surface area contributed by atoms with Gasteiger partial charge in [0, 0.05) is 23.9 Å². The van der Waals surface area contributed by atoms with E-state index in [9.17, 15) is 8.78 Å². The highest BCUT2D eigenvalue weighted by Crippen LogP contribution is 2.36. The quantitative estimate of drug-likeness (QED) is 0.463. The van der Waals surface area contributed by atoms with Gasteiger partial charge >= 0.3 is 0 Å². The van der Waals surface area contributed by atoms with Crippen molar-refractivity contribution in [2.45, 2.75) is 13.0 Å². The average Bonchev–Trinajstić information content (AvgIpc) is 3.48. The number of nitrogens with one attached hydrogen (secondary N) is 1. The summed E-state index contributed by atoms with van der Waals surface area (Å²) in [5.74, 6) is -0.427. The number of nitrogens with zero attached hydrogens (tertiary/aromatic N) is 3. The number of hydrogen-bond acceptors (Lipinski definition) is 4. The van der Waals surface area contributed by atoms with Crippen molar-refractivity contribution in [1.29, 1.82) is 5.26 Å². The van der Waals surface area contributed by atoms with Crippen LogP contribution in [-0.2, 0) is 6.54 Å². The van der Waals surface area contributed by atoms with Crippen LogP contribution in [0.2, 0.25) is 0 Å². The van der Waals surface area contributed by atoms with Crippen LogP contribution < -0.4 is 10.1 Å². The summed E-state index contributed by atoms with van der Waals surface area (Å²) in [6.45, 7) is 2.85. The first-order valence-corrected chi connectivity index (χ1v) is 10.8. The molecule has 2 aromatic heterocycles. The zero-order valence-electron chi connectivity index (χ0n) is 18.1. The fourth-order valence-corrected chi connectivity index (χ4v) is 4.45. The van der Waals surface area contributed by atoms with E-state index in [1.807, 2.05) is 24.4 Å². The third kappa shape index (κ3) is 3.94. The summed E-state index contributed by atoms with van der Waals surface area (Å²) < 4.78 is 36.2. The van der Waals surface area contributed by atoms with E-state index in [1.54, 1.807) is 18.2 Å². The lowest BCUT2D eigenvalue weighted by Crippen LogP contribution is -2.14. The second-order valence-electron chi connectivity index (χ2n) is 8.27. The predicted octanol–water partition coefficient (Wildman–Crippen LogP) is 5.14. The minimum Gasteiger partial charge on any atom is -0.494 e. The topological polar surface area (TPSA) is 62.9 Å². The van der Waals surface area contributed by atoms with Crippen molar-refractivity contribution < 1.29 is 13.5 Å². The molecule has 1 saturated heterocycles. The van der Waals surface area contributed by atoms with Crippen molar-refractivity contribution in [2.75, 3.05) is 20.2 Å². The second kappa shape index (κ2) is 8.64.